The van der Waals surface area contributed by atoms with Gasteiger partial charge in [0.25, 0.3) is 5.91 Å². The summed E-state index contributed by atoms with van der Waals surface area (Å²) in [6.45, 7) is 0.904. The number of hydrogen-bond donors (Lipinski definition) is 1. The second kappa shape index (κ2) is 7.15. The molecular formula is C18H20N2O3S. The lowest BCUT2D eigenvalue weighted by molar-refractivity contribution is -0.124. The fraction of sp³-hybridized carbons (Fsp3) is 0.333. The number of carbonyl (C=O) groups excluding carboxylic acids is 2. The largest absolute Gasteiger partial charge is 0.383 e. The average Bonchev–Trinajstić information content (AvgIpc) is 3.12. The second-order valence-corrected chi connectivity index (χ2v) is 6.70. The van der Waals surface area contributed by atoms with Gasteiger partial charge in [0, 0.05) is 31.1 Å². The average molecular weight is 344 g/mol. The van der Waals surface area contributed by atoms with Crippen molar-refractivity contribution < 1.29 is 14.3 Å². The van der Waals surface area contributed by atoms with Gasteiger partial charge in [-0.2, -0.15) is 0 Å². The maximum atomic E-state index is 12.9. The minimum atomic E-state index is -0.431. The predicted octanol–water partition coefficient (Wildman–Crippen LogP) is 2.42. The third-order valence-corrected chi connectivity index (χ3v) is 5.25. The van der Waals surface area contributed by atoms with Crippen molar-refractivity contribution in [1.29, 1.82) is 0 Å². The second-order valence-electron chi connectivity index (χ2n) is 5.73. The molecule has 24 heavy (non-hydrogen) atoms. The highest BCUT2D eigenvalue weighted by molar-refractivity contribution is 7.10. The van der Waals surface area contributed by atoms with Crippen LogP contribution >= 0.6 is 11.3 Å². The molecule has 1 aromatic heterocycles. The lowest BCUT2D eigenvalue weighted by atomic mass is 9.82. The van der Waals surface area contributed by atoms with Crippen LogP contribution in [-0.2, 0) is 9.53 Å². The molecule has 0 saturated carbocycles. The van der Waals surface area contributed by atoms with E-state index >= 15 is 0 Å². The number of hydrogen-bond acceptors (Lipinski definition) is 4. The standard InChI is InChI=1S/C18H20N2O3S/c1-20-16(14-8-5-11-24-14)15(17(21)19-9-10-23-2)12-6-3-4-7-13(12)18(20)22/h3-8,11,15-16H,9-10H2,1-2H3,(H,19,21)/t15-,16+/m0/s1. The molecule has 3 rings (SSSR count). The Bertz CT molecular complexity index is 730. The van der Waals surface area contributed by atoms with E-state index in [0.29, 0.717) is 18.7 Å². The molecule has 1 aliphatic rings. The van der Waals surface area contributed by atoms with Crippen LogP contribution in [0, 0.1) is 0 Å². The van der Waals surface area contributed by atoms with Crippen LogP contribution in [0.15, 0.2) is 41.8 Å². The van der Waals surface area contributed by atoms with Gasteiger partial charge in [0.05, 0.1) is 18.6 Å². The van der Waals surface area contributed by atoms with Crippen LogP contribution in [0.3, 0.4) is 0 Å². The van der Waals surface area contributed by atoms with Gasteiger partial charge >= 0.3 is 0 Å². The van der Waals surface area contributed by atoms with Crippen molar-refractivity contribution in [3.8, 4) is 0 Å². The maximum Gasteiger partial charge on any atom is 0.254 e. The van der Waals surface area contributed by atoms with Crippen LogP contribution in [0.4, 0.5) is 0 Å². The van der Waals surface area contributed by atoms with Gasteiger partial charge in [0.2, 0.25) is 5.91 Å². The molecule has 2 aromatic rings. The number of ether oxygens (including phenoxy) is 1. The number of nitrogens with one attached hydrogen (secondary N) is 1. The van der Waals surface area contributed by atoms with Gasteiger partial charge < -0.3 is 15.0 Å². The third kappa shape index (κ3) is 2.95. The first-order chi connectivity index (χ1) is 11.6. The van der Waals surface area contributed by atoms with Crippen molar-refractivity contribution in [3.63, 3.8) is 0 Å². The number of benzene rings is 1. The summed E-state index contributed by atoms with van der Waals surface area (Å²) in [6.07, 6.45) is 0. The Morgan fingerprint density at radius 3 is 2.79 bits per heavy atom. The molecule has 0 bridgehead atoms. The maximum absolute atomic E-state index is 12.9. The van der Waals surface area contributed by atoms with Crippen LogP contribution in [-0.4, -0.2) is 44.0 Å². The van der Waals surface area contributed by atoms with Gasteiger partial charge in [-0.25, -0.2) is 0 Å². The van der Waals surface area contributed by atoms with Crippen LogP contribution in [0.25, 0.3) is 0 Å². The van der Waals surface area contributed by atoms with E-state index in [4.69, 9.17) is 4.74 Å². The molecule has 0 aliphatic carbocycles. The molecule has 1 N–H and O–H groups in total. The highest BCUT2D eigenvalue weighted by Crippen LogP contribution is 2.43. The Kier molecular flexibility index (Phi) is 4.97. The summed E-state index contributed by atoms with van der Waals surface area (Å²) in [4.78, 5) is 28.3. The van der Waals surface area contributed by atoms with Crippen molar-refractivity contribution in [2.75, 3.05) is 27.3 Å². The zero-order valence-electron chi connectivity index (χ0n) is 13.7. The quantitative estimate of drug-likeness (QED) is 0.848. The first-order valence-electron chi connectivity index (χ1n) is 7.81. The number of methoxy groups -OCH3 is 1. The summed E-state index contributed by atoms with van der Waals surface area (Å²) < 4.78 is 5.01. The normalized spacial score (nSPS) is 19.9. The number of thiophene rings is 1. The molecule has 2 amide bonds. The summed E-state index contributed by atoms with van der Waals surface area (Å²) >= 11 is 1.56. The van der Waals surface area contributed by atoms with E-state index < -0.39 is 5.92 Å². The molecule has 0 fully saturated rings. The van der Waals surface area contributed by atoms with E-state index in [9.17, 15) is 9.59 Å². The van der Waals surface area contributed by atoms with Crippen molar-refractivity contribution in [3.05, 3.63) is 57.8 Å². The van der Waals surface area contributed by atoms with Crippen LogP contribution < -0.4 is 5.32 Å². The highest BCUT2D eigenvalue weighted by Gasteiger charge is 2.42. The fourth-order valence-corrected chi connectivity index (χ4v) is 4.06. The Morgan fingerprint density at radius 1 is 1.29 bits per heavy atom. The smallest absolute Gasteiger partial charge is 0.254 e. The van der Waals surface area contributed by atoms with Crippen molar-refractivity contribution in [1.82, 2.24) is 10.2 Å². The number of carbonyl (C=O) groups is 2. The number of nitrogens with zero attached hydrogens (tertiary/aromatic N) is 1. The molecule has 1 aliphatic heterocycles. The molecule has 126 valence electrons. The Balaban J connectivity index is 2.03. The fourth-order valence-electron chi connectivity index (χ4n) is 3.16. The SMILES string of the molecule is COCCNC(=O)[C@H]1c2ccccc2C(=O)N(C)[C@@H]1c1cccs1. The number of fused-ring (bicyclic) bond motifs is 1. The third-order valence-electron chi connectivity index (χ3n) is 4.30. The molecule has 0 saturated heterocycles. The van der Waals surface area contributed by atoms with Gasteiger partial charge in [-0.05, 0) is 23.1 Å². The van der Waals surface area contributed by atoms with Crippen molar-refractivity contribution in [2.24, 2.45) is 0 Å². The first-order valence-corrected chi connectivity index (χ1v) is 8.69. The van der Waals surface area contributed by atoms with Gasteiger partial charge in [-0.3, -0.25) is 9.59 Å². The topological polar surface area (TPSA) is 58.6 Å². The van der Waals surface area contributed by atoms with Crippen LogP contribution in [0.1, 0.15) is 32.8 Å². The first kappa shape index (κ1) is 16.7. The minimum absolute atomic E-state index is 0.0510. The molecule has 1 aromatic carbocycles. The van der Waals surface area contributed by atoms with Crippen molar-refractivity contribution >= 4 is 23.2 Å². The molecule has 0 radical (unpaired) electrons. The van der Waals surface area contributed by atoms with Gasteiger partial charge in [-0.1, -0.05) is 24.3 Å². The highest BCUT2D eigenvalue weighted by atomic mass is 32.1. The lowest BCUT2D eigenvalue weighted by Crippen LogP contribution is -2.45. The molecule has 2 heterocycles. The van der Waals surface area contributed by atoms with E-state index in [1.165, 1.54) is 0 Å². The molecule has 0 spiro atoms. The number of amides is 2. The van der Waals surface area contributed by atoms with Crippen LogP contribution in [0.2, 0.25) is 0 Å². The van der Waals surface area contributed by atoms with Gasteiger partial charge in [-0.15, -0.1) is 11.3 Å². The zero-order chi connectivity index (χ0) is 17.1. The van der Waals surface area contributed by atoms with Crippen molar-refractivity contribution in [2.45, 2.75) is 12.0 Å². The summed E-state index contributed by atoms with van der Waals surface area (Å²) in [5.41, 5.74) is 1.38. The van der Waals surface area contributed by atoms with E-state index in [-0.39, 0.29) is 17.9 Å². The Hall–Kier alpha value is -2.18. The van der Waals surface area contributed by atoms with Gasteiger partial charge in [0.1, 0.15) is 0 Å². The molecule has 2 atom stereocenters. The minimum Gasteiger partial charge on any atom is -0.383 e. The van der Waals surface area contributed by atoms with E-state index in [1.807, 2.05) is 35.7 Å². The summed E-state index contributed by atoms with van der Waals surface area (Å²) in [6, 6.07) is 11.0. The molecule has 6 heteroatoms. The number of rotatable bonds is 5. The van der Waals surface area contributed by atoms with E-state index in [2.05, 4.69) is 5.32 Å². The monoisotopic (exact) mass is 344 g/mol. The molecule has 5 nitrogen and oxygen atoms in total. The lowest BCUT2D eigenvalue weighted by Gasteiger charge is -2.39. The van der Waals surface area contributed by atoms with E-state index in [1.54, 1.807) is 36.5 Å². The summed E-state index contributed by atoms with van der Waals surface area (Å²) in [5, 5.41) is 4.89. The number of likely N-dealkylation sites (N-methyl/N-ethyl adjacent to an activating group) is 1. The Morgan fingerprint density at radius 2 is 2.08 bits per heavy atom. The van der Waals surface area contributed by atoms with Gasteiger partial charge in [0.15, 0.2) is 0 Å². The molecule has 0 unspecified atom stereocenters. The zero-order valence-corrected chi connectivity index (χ0v) is 14.5. The van der Waals surface area contributed by atoms with E-state index in [0.717, 1.165) is 10.4 Å². The Labute approximate surface area is 145 Å². The predicted molar refractivity (Wildman–Crippen MR) is 93.2 cm³/mol. The summed E-state index contributed by atoms with van der Waals surface area (Å²) in [5.74, 6) is -0.568. The van der Waals surface area contributed by atoms with Crippen LogP contribution in [0.5, 0.6) is 0 Å². The molecular weight excluding hydrogens is 324 g/mol. The summed E-state index contributed by atoms with van der Waals surface area (Å²) in [7, 11) is 3.36.